The molecule has 0 N–H and O–H groups in total. The minimum Gasteiger partial charge on any atom is -1.00 e. The number of carbonyl (C=O) groups excluding carboxylic acids is 2. The summed E-state index contributed by atoms with van der Waals surface area (Å²) in [6.45, 7) is 4.88. The van der Waals surface area contributed by atoms with Crippen molar-refractivity contribution in [2.75, 3.05) is 0 Å². The van der Waals surface area contributed by atoms with Gasteiger partial charge in [-0.25, -0.2) is 0 Å². The third kappa shape index (κ3) is 8.16. The number of aromatic nitrogens is 2. The molecule has 0 unspecified atom stereocenters. The SMILES string of the molecule is Cc1csc[n+]1CC(=O)c1ccccc1.Cc1csc[n+]1CC(=O)c1ccccc1.[Br-].[Br-]. The molecule has 0 amide bonds. The van der Waals surface area contributed by atoms with Crippen LogP contribution in [-0.4, -0.2) is 11.6 Å². The molecule has 2 aromatic heterocycles. The number of thiazole rings is 2. The quantitative estimate of drug-likeness (QED) is 0.200. The van der Waals surface area contributed by atoms with Crippen molar-refractivity contribution < 1.29 is 52.7 Å². The summed E-state index contributed by atoms with van der Waals surface area (Å²) in [6, 6.07) is 18.8. The second-order valence-electron chi connectivity index (χ2n) is 6.84. The van der Waals surface area contributed by atoms with Crippen LogP contribution < -0.4 is 43.1 Å². The molecule has 2 heterocycles. The standard InChI is InChI=1S/2C12H12NOS.2BrH/c2*1-10-8-15-9-13(10)7-12(14)11-5-3-2-4-6-11;;/h2*2-6,8-9H,7H2,1H3;2*1H/q2*+1;;/p-2. The Bertz CT molecular complexity index is 1020. The van der Waals surface area contributed by atoms with Gasteiger partial charge in [-0.2, -0.15) is 9.13 Å². The number of rotatable bonds is 6. The Labute approximate surface area is 217 Å². The lowest BCUT2D eigenvalue weighted by atomic mass is 10.1. The molecule has 8 heteroatoms. The van der Waals surface area contributed by atoms with Gasteiger partial charge in [0, 0.05) is 25.0 Å². The van der Waals surface area contributed by atoms with Crippen LogP contribution in [0.5, 0.6) is 0 Å². The Morgan fingerprint density at radius 2 is 1.00 bits per heavy atom. The fourth-order valence-electron chi connectivity index (χ4n) is 2.77. The Hall–Kier alpha value is -2.00. The fraction of sp³-hybridized carbons (Fsp3) is 0.167. The van der Waals surface area contributed by atoms with Gasteiger partial charge in [-0.3, -0.25) is 9.59 Å². The molecule has 0 bridgehead atoms. The number of nitrogens with zero attached hydrogens (tertiary/aromatic N) is 2. The molecule has 32 heavy (non-hydrogen) atoms. The van der Waals surface area contributed by atoms with E-state index in [0.717, 1.165) is 22.5 Å². The van der Waals surface area contributed by atoms with Crippen LogP contribution in [0, 0.1) is 13.8 Å². The first-order chi connectivity index (χ1) is 14.5. The van der Waals surface area contributed by atoms with Crippen LogP contribution in [0.1, 0.15) is 32.1 Å². The molecule has 4 aromatic rings. The predicted octanol–water partition coefficient (Wildman–Crippen LogP) is -1.54. The number of carbonyl (C=O) groups is 2. The lowest BCUT2D eigenvalue weighted by Crippen LogP contribution is -3.00. The molecule has 0 saturated heterocycles. The van der Waals surface area contributed by atoms with Crippen LogP contribution in [0.3, 0.4) is 0 Å². The molecule has 0 atom stereocenters. The van der Waals surface area contributed by atoms with E-state index in [-0.39, 0.29) is 45.5 Å². The highest BCUT2D eigenvalue weighted by Crippen LogP contribution is 2.03. The Morgan fingerprint density at radius 1 is 0.656 bits per heavy atom. The average Bonchev–Trinajstić information content (AvgIpc) is 3.37. The van der Waals surface area contributed by atoms with E-state index in [2.05, 4.69) is 0 Å². The summed E-state index contributed by atoms with van der Waals surface area (Å²) < 4.78 is 3.94. The summed E-state index contributed by atoms with van der Waals surface area (Å²) in [7, 11) is 0. The van der Waals surface area contributed by atoms with E-state index < -0.39 is 0 Å². The van der Waals surface area contributed by atoms with Crippen molar-refractivity contribution in [3.63, 3.8) is 0 Å². The van der Waals surface area contributed by atoms with Crippen molar-refractivity contribution in [1.29, 1.82) is 0 Å². The van der Waals surface area contributed by atoms with Crippen molar-refractivity contribution >= 4 is 34.2 Å². The van der Waals surface area contributed by atoms with Crippen molar-refractivity contribution in [2.24, 2.45) is 0 Å². The maximum absolute atomic E-state index is 11.8. The highest BCUT2D eigenvalue weighted by Gasteiger charge is 2.15. The monoisotopic (exact) mass is 594 g/mol. The van der Waals surface area contributed by atoms with Crippen LogP contribution in [0.25, 0.3) is 0 Å². The first-order valence-corrected chi connectivity index (χ1v) is 11.4. The molecular weight excluding hydrogens is 572 g/mol. The van der Waals surface area contributed by atoms with Gasteiger partial charge in [-0.1, -0.05) is 83.3 Å². The summed E-state index contributed by atoms with van der Waals surface area (Å²) in [5.74, 6) is 0.309. The van der Waals surface area contributed by atoms with Crippen LogP contribution in [0.4, 0.5) is 0 Å². The molecule has 0 spiro atoms. The molecule has 0 aliphatic heterocycles. The van der Waals surface area contributed by atoms with Gasteiger partial charge < -0.3 is 34.0 Å². The highest BCUT2D eigenvalue weighted by molar-refractivity contribution is 7.07. The minimum atomic E-state index is 0. The van der Waals surface area contributed by atoms with Gasteiger partial charge in [-0.15, -0.1) is 0 Å². The highest BCUT2D eigenvalue weighted by atomic mass is 79.9. The van der Waals surface area contributed by atoms with Gasteiger partial charge >= 0.3 is 0 Å². The normalized spacial score (nSPS) is 9.56. The molecule has 2 aromatic carbocycles. The Balaban J connectivity index is 0.000000301. The summed E-state index contributed by atoms with van der Waals surface area (Å²) in [5, 5.41) is 4.08. The van der Waals surface area contributed by atoms with Crippen molar-refractivity contribution in [3.05, 3.63) is 105 Å². The van der Waals surface area contributed by atoms with Crippen molar-refractivity contribution in [2.45, 2.75) is 26.9 Å². The van der Waals surface area contributed by atoms with Gasteiger partial charge in [0.2, 0.25) is 35.7 Å². The smallest absolute Gasteiger partial charge is 0.227 e. The predicted molar refractivity (Wildman–Crippen MR) is 120 cm³/mol. The zero-order chi connectivity index (χ0) is 21.3. The number of hydrogen-bond donors (Lipinski definition) is 0. The van der Waals surface area contributed by atoms with Gasteiger partial charge in [-0.05, 0) is 0 Å². The largest absolute Gasteiger partial charge is 1.00 e. The van der Waals surface area contributed by atoms with E-state index in [1.807, 2.05) is 105 Å². The number of hydrogen-bond acceptors (Lipinski definition) is 4. The first kappa shape index (κ1) is 28.0. The molecule has 0 aliphatic carbocycles. The van der Waals surface area contributed by atoms with Crippen LogP contribution in [0.2, 0.25) is 0 Å². The number of benzene rings is 2. The summed E-state index contributed by atoms with van der Waals surface area (Å²) in [4.78, 5) is 23.7. The average molecular weight is 596 g/mol. The van der Waals surface area contributed by atoms with Crippen LogP contribution in [-0.2, 0) is 13.1 Å². The van der Waals surface area contributed by atoms with Crippen molar-refractivity contribution in [3.8, 4) is 0 Å². The molecule has 0 radical (unpaired) electrons. The summed E-state index contributed by atoms with van der Waals surface area (Å²) in [6.07, 6.45) is 0. The molecule has 168 valence electrons. The Morgan fingerprint density at radius 3 is 1.28 bits per heavy atom. The van der Waals surface area contributed by atoms with E-state index in [1.54, 1.807) is 22.7 Å². The number of ketones is 2. The topological polar surface area (TPSA) is 41.9 Å². The van der Waals surface area contributed by atoms with Gasteiger partial charge in [0.25, 0.3) is 0 Å². The lowest BCUT2D eigenvalue weighted by Gasteiger charge is -1.96. The lowest BCUT2D eigenvalue weighted by molar-refractivity contribution is -0.684. The van der Waals surface area contributed by atoms with Crippen LogP contribution in [0.15, 0.2) is 82.4 Å². The minimum absolute atomic E-state index is 0. The number of aryl methyl sites for hydroxylation is 2. The van der Waals surface area contributed by atoms with Gasteiger partial charge in [0.1, 0.15) is 0 Å². The zero-order valence-corrected chi connectivity index (χ0v) is 22.6. The third-order valence-corrected chi connectivity index (χ3v) is 6.29. The molecule has 0 aliphatic rings. The molecule has 0 fully saturated rings. The third-order valence-electron chi connectivity index (χ3n) is 4.58. The Kier molecular flexibility index (Phi) is 12.4. The van der Waals surface area contributed by atoms with Gasteiger partial charge in [0.15, 0.2) is 11.4 Å². The molecule has 4 nitrogen and oxygen atoms in total. The van der Waals surface area contributed by atoms with Gasteiger partial charge in [0.05, 0.1) is 10.8 Å². The summed E-state index contributed by atoms with van der Waals surface area (Å²) >= 11 is 3.23. The maximum atomic E-state index is 11.8. The van der Waals surface area contributed by atoms with Crippen LogP contribution >= 0.6 is 22.7 Å². The number of Topliss-reactive ketones (excluding diaryl/α,β-unsaturated/α-hetero) is 2. The second-order valence-corrected chi connectivity index (χ2v) is 8.27. The maximum Gasteiger partial charge on any atom is 0.227 e. The number of halogens is 2. The van der Waals surface area contributed by atoms with E-state index in [9.17, 15) is 9.59 Å². The van der Waals surface area contributed by atoms with E-state index >= 15 is 0 Å². The fourth-order valence-corrected chi connectivity index (χ4v) is 4.33. The molecule has 0 saturated carbocycles. The second kappa shape index (κ2) is 14.2. The first-order valence-electron chi connectivity index (χ1n) is 9.55. The van der Waals surface area contributed by atoms with Crippen molar-refractivity contribution in [1.82, 2.24) is 0 Å². The van der Waals surface area contributed by atoms with E-state index in [1.165, 1.54) is 0 Å². The van der Waals surface area contributed by atoms with E-state index in [0.29, 0.717) is 13.1 Å². The molecule has 4 rings (SSSR count). The zero-order valence-electron chi connectivity index (χ0n) is 17.8. The summed E-state index contributed by atoms with van der Waals surface area (Å²) in [5.41, 5.74) is 7.74. The van der Waals surface area contributed by atoms with E-state index in [4.69, 9.17) is 0 Å². The molecular formula is C24H24Br2N2O2S2.